The van der Waals surface area contributed by atoms with Gasteiger partial charge in [-0.1, -0.05) is 0 Å². The number of aromatic carboxylic acids is 1. The van der Waals surface area contributed by atoms with Crippen molar-refractivity contribution < 1.29 is 19.0 Å². The average molecular weight is 435 g/mol. The Hall–Kier alpha value is -2.67. The summed E-state index contributed by atoms with van der Waals surface area (Å²) in [4.78, 5) is 26.0. The quantitative estimate of drug-likeness (QED) is 0.756. The molecule has 0 bridgehead atoms. The summed E-state index contributed by atoms with van der Waals surface area (Å²) in [5.74, 6) is -2.06. The smallest absolute Gasteiger partial charge is 0.341 e. The molecule has 0 radical (unpaired) electrons. The van der Waals surface area contributed by atoms with Crippen molar-refractivity contribution in [3.63, 3.8) is 0 Å². The van der Waals surface area contributed by atoms with Gasteiger partial charge in [-0.05, 0) is 18.9 Å². The number of aromatic nitrogens is 1. The first-order chi connectivity index (χ1) is 14.0. The molecule has 10 heteroatoms. The minimum absolute atomic E-state index is 0. The minimum atomic E-state index is -1.36. The van der Waals surface area contributed by atoms with E-state index in [0.717, 1.165) is 25.5 Å². The van der Waals surface area contributed by atoms with Crippen molar-refractivity contribution in [2.24, 2.45) is 0 Å². The average Bonchev–Trinajstić information content (AvgIpc) is 3.45. The summed E-state index contributed by atoms with van der Waals surface area (Å²) in [5.41, 5.74) is -0.655. The van der Waals surface area contributed by atoms with Crippen molar-refractivity contribution in [3.05, 3.63) is 39.4 Å². The molecule has 1 aromatic carbocycles. The maximum atomic E-state index is 15.2. The van der Waals surface area contributed by atoms with E-state index in [-0.39, 0.29) is 47.2 Å². The number of hydrogen-bond acceptors (Lipinski definition) is 6. The third kappa shape index (κ3) is 3.12. The molecular weight excluding hydrogens is 415 g/mol. The van der Waals surface area contributed by atoms with Crippen LogP contribution in [-0.2, 0) is 4.74 Å². The molecule has 3 heterocycles. The van der Waals surface area contributed by atoms with Crippen LogP contribution in [0.4, 0.5) is 10.1 Å². The Morgan fingerprint density at radius 2 is 2.13 bits per heavy atom. The number of carboxylic acids is 1. The topological polar surface area (TPSA) is 108 Å². The SMILES string of the molecule is Cl.N#Cc1c(N2C[C@@H]3NCCO[C@H]3C2)c(F)cc2c(=O)c(C(=O)O)cn(C3CC3)c12. The van der Waals surface area contributed by atoms with E-state index in [1.165, 1.54) is 6.20 Å². The highest BCUT2D eigenvalue weighted by Crippen LogP contribution is 2.40. The highest BCUT2D eigenvalue weighted by molar-refractivity contribution is 5.96. The lowest BCUT2D eigenvalue weighted by Gasteiger charge is -2.25. The van der Waals surface area contributed by atoms with E-state index in [1.807, 2.05) is 0 Å². The molecule has 2 aliphatic heterocycles. The number of carbonyl (C=O) groups is 1. The molecular formula is C20H20ClFN4O4. The van der Waals surface area contributed by atoms with Crippen LogP contribution in [0.25, 0.3) is 10.9 Å². The van der Waals surface area contributed by atoms with Gasteiger partial charge in [-0.2, -0.15) is 5.26 Å². The predicted octanol–water partition coefficient (Wildman–Crippen LogP) is 1.64. The maximum absolute atomic E-state index is 15.2. The lowest BCUT2D eigenvalue weighted by atomic mass is 10.0. The van der Waals surface area contributed by atoms with Crippen molar-refractivity contribution in [1.29, 1.82) is 5.26 Å². The maximum Gasteiger partial charge on any atom is 0.341 e. The van der Waals surface area contributed by atoms with Gasteiger partial charge in [0.05, 0.1) is 35.3 Å². The summed E-state index contributed by atoms with van der Waals surface area (Å²) in [6, 6.07) is 3.22. The fourth-order valence-corrected chi connectivity index (χ4v) is 4.46. The molecule has 0 spiro atoms. The molecule has 3 fully saturated rings. The molecule has 0 amide bonds. The number of carboxylic acid groups (broad SMARTS) is 1. The van der Waals surface area contributed by atoms with E-state index < -0.39 is 22.8 Å². The van der Waals surface area contributed by atoms with Gasteiger partial charge in [-0.25, -0.2) is 9.18 Å². The first-order valence-electron chi connectivity index (χ1n) is 9.64. The van der Waals surface area contributed by atoms with Crippen molar-refractivity contribution >= 4 is 35.0 Å². The molecule has 8 nitrogen and oxygen atoms in total. The number of nitriles is 1. The first-order valence-corrected chi connectivity index (χ1v) is 9.64. The lowest BCUT2D eigenvalue weighted by molar-refractivity contribution is 0.0212. The number of pyridine rings is 1. The van der Waals surface area contributed by atoms with E-state index in [0.29, 0.717) is 25.2 Å². The second-order valence-corrected chi connectivity index (χ2v) is 7.78. The number of ether oxygens (including phenoxy) is 1. The van der Waals surface area contributed by atoms with Gasteiger partial charge in [0.25, 0.3) is 0 Å². The minimum Gasteiger partial charge on any atom is -0.477 e. The van der Waals surface area contributed by atoms with Crippen LogP contribution in [0.1, 0.15) is 34.8 Å². The first kappa shape index (κ1) is 20.6. The van der Waals surface area contributed by atoms with Gasteiger partial charge >= 0.3 is 5.97 Å². The zero-order valence-corrected chi connectivity index (χ0v) is 16.7. The summed E-state index contributed by atoms with van der Waals surface area (Å²) in [7, 11) is 0. The number of nitrogens with zero attached hydrogens (tertiary/aromatic N) is 3. The molecule has 5 rings (SSSR count). The standard InChI is InChI=1S/C20H19FN4O4.ClH/c21-14-5-11-17(25(10-1-2-10)7-13(19(11)26)20(27)28)12(6-22)18(14)24-8-15-16(9-24)29-4-3-23-15;/h5,7,10,15-16,23H,1-4,8-9H2,(H,27,28);1H/t15-,16-;/m0./s1. The number of nitrogens with one attached hydrogen (secondary N) is 1. The van der Waals surface area contributed by atoms with Crippen LogP contribution in [0.15, 0.2) is 17.1 Å². The van der Waals surface area contributed by atoms with Gasteiger partial charge in [0, 0.05) is 31.9 Å². The second-order valence-electron chi connectivity index (χ2n) is 7.78. The van der Waals surface area contributed by atoms with Crippen LogP contribution in [0.2, 0.25) is 0 Å². The molecule has 0 unspecified atom stereocenters. The third-order valence-electron chi connectivity index (χ3n) is 5.95. The second kappa shape index (κ2) is 7.54. The Kier molecular flexibility index (Phi) is 5.18. The molecule has 1 saturated carbocycles. The van der Waals surface area contributed by atoms with Crippen molar-refractivity contribution in [3.8, 4) is 6.07 Å². The predicted molar refractivity (Wildman–Crippen MR) is 109 cm³/mol. The van der Waals surface area contributed by atoms with Crippen LogP contribution in [0.3, 0.4) is 0 Å². The van der Waals surface area contributed by atoms with E-state index in [1.54, 1.807) is 9.47 Å². The zero-order chi connectivity index (χ0) is 20.3. The molecule has 3 aliphatic rings. The van der Waals surface area contributed by atoms with Crippen LogP contribution >= 0.6 is 12.4 Å². The largest absolute Gasteiger partial charge is 0.477 e. The fraction of sp³-hybridized carbons (Fsp3) is 0.450. The molecule has 30 heavy (non-hydrogen) atoms. The van der Waals surface area contributed by atoms with Crippen molar-refractivity contribution in [1.82, 2.24) is 9.88 Å². The summed E-state index contributed by atoms with van der Waals surface area (Å²) >= 11 is 0. The number of rotatable bonds is 3. The Labute approximate surface area is 177 Å². The number of halogens is 2. The zero-order valence-electron chi connectivity index (χ0n) is 15.9. The number of morpholine rings is 1. The van der Waals surface area contributed by atoms with Crippen LogP contribution in [0, 0.1) is 17.1 Å². The normalized spacial score (nSPS) is 23.0. The van der Waals surface area contributed by atoms with Crippen LogP contribution < -0.4 is 15.6 Å². The molecule has 158 valence electrons. The van der Waals surface area contributed by atoms with Crippen LogP contribution in [0.5, 0.6) is 0 Å². The van der Waals surface area contributed by atoms with Crippen molar-refractivity contribution in [2.45, 2.75) is 31.0 Å². The molecule has 1 aliphatic carbocycles. The van der Waals surface area contributed by atoms with E-state index in [2.05, 4.69) is 11.4 Å². The number of fused-ring (bicyclic) bond motifs is 2. The summed E-state index contributed by atoms with van der Waals surface area (Å²) < 4.78 is 22.6. The number of hydrogen-bond donors (Lipinski definition) is 2. The van der Waals surface area contributed by atoms with Gasteiger partial charge in [-0.3, -0.25) is 4.79 Å². The Bertz CT molecular complexity index is 1130. The lowest BCUT2D eigenvalue weighted by Crippen LogP contribution is -2.47. The van der Waals surface area contributed by atoms with Gasteiger partial charge in [-0.15, -0.1) is 12.4 Å². The van der Waals surface area contributed by atoms with Crippen molar-refractivity contribution in [2.75, 3.05) is 31.1 Å². The third-order valence-corrected chi connectivity index (χ3v) is 5.95. The number of anilines is 1. The van der Waals surface area contributed by atoms with E-state index >= 15 is 4.39 Å². The van der Waals surface area contributed by atoms with E-state index in [4.69, 9.17) is 4.74 Å². The Balaban J connectivity index is 0.00000218. The monoisotopic (exact) mass is 434 g/mol. The Morgan fingerprint density at radius 1 is 1.37 bits per heavy atom. The highest BCUT2D eigenvalue weighted by atomic mass is 35.5. The summed E-state index contributed by atoms with van der Waals surface area (Å²) in [5, 5.41) is 22.6. The molecule has 2 atom stereocenters. The Morgan fingerprint density at radius 3 is 2.77 bits per heavy atom. The molecule has 1 aromatic heterocycles. The van der Waals surface area contributed by atoms with Gasteiger partial charge in [0.15, 0.2) is 0 Å². The highest BCUT2D eigenvalue weighted by Gasteiger charge is 2.38. The molecule has 2 N–H and O–H groups in total. The molecule has 2 saturated heterocycles. The van der Waals surface area contributed by atoms with E-state index in [9.17, 15) is 20.0 Å². The van der Waals surface area contributed by atoms with Gasteiger partial charge in [0.2, 0.25) is 5.43 Å². The molecule has 2 aromatic rings. The summed E-state index contributed by atoms with van der Waals surface area (Å²) in [6.45, 7) is 2.23. The number of benzene rings is 1. The fourth-order valence-electron chi connectivity index (χ4n) is 4.46. The van der Waals surface area contributed by atoms with Crippen LogP contribution in [-0.4, -0.2) is 54.0 Å². The van der Waals surface area contributed by atoms with Gasteiger partial charge in [0.1, 0.15) is 23.0 Å². The van der Waals surface area contributed by atoms with Gasteiger partial charge < -0.3 is 24.6 Å². The summed E-state index contributed by atoms with van der Waals surface area (Å²) in [6.07, 6.45) is 2.84.